The van der Waals surface area contributed by atoms with Crippen LogP contribution in [0.1, 0.15) is 44.3 Å². The molecule has 2 amide bonds. The second kappa shape index (κ2) is 8.80. The summed E-state index contributed by atoms with van der Waals surface area (Å²) in [6.45, 7) is 3.10. The maximum atomic E-state index is 13.5. The number of nitrogens with two attached hydrogens (primary N) is 2. The molecular formula is C23H24FN5O3. The summed E-state index contributed by atoms with van der Waals surface area (Å²) < 4.78 is 20.5. The lowest BCUT2D eigenvalue weighted by Crippen LogP contribution is -2.23. The minimum Gasteiger partial charge on any atom is -0.383 e. The predicted octanol–water partition coefficient (Wildman–Crippen LogP) is 2.57. The Morgan fingerprint density at radius 3 is 2.66 bits per heavy atom. The summed E-state index contributed by atoms with van der Waals surface area (Å²) in [5, 5.41) is 7.34. The first-order valence-electron chi connectivity index (χ1n) is 10.2. The Bertz CT molecular complexity index is 1170. The molecule has 0 spiro atoms. The highest BCUT2D eigenvalue weighted by atomic mass is 19.1. The number of hydrogen-bond acceptors (Lipinski definition) is 5. The number of halogens is 1. The van der Waals surface area contributed by atoms with E-state index < -0.39 is 11.7 Å². The summed E-state index contributed by atoms with van der Waals surface area (Å²) in [5.41, 5.74) is 14.8. The largest absolute Gasteiger partial charge is 0.383 e. The van der Waals surface area contributed by atoms with Crippen LogP contribution in [-0.4, -0.2) is 34.8 Å². The summed E-state index contributed by atoms with van der Waals surface area (Å²) in [7, 11) is 0. The molecule has 1 atom stereocenters. The molecule has 3 aromatic rings. The van der Waals surface area contributed by atoms with Gasteiger partial charge in [-0.2, -0.15) is 5.10 Å². The minimum absolute atomic E-state index is 0.0392. The van der Waals surface area contributed by atoms with Crippen LogP contribution in [0.3, 0.4) is 0 Å². The van der Waals surface area contributed by atoms with E-state index in [9.17, 15) is 14.0 Å². The molecule has 1 aliphatic rings. The number of aryl methyl sites for hydroxylation is 1. The first-order chi connectivity index (χ1) is 15.3. The Hall–Kier alpha value is -3.72. The molecule has 166 valence electrons. The van der Waals surface area contributed by atoms with Crippen molar-refractivity contribution in [2.24, 2.45) is 5.73 Å². The van der Waals surface area contributed by atoms with Gasteiger partial charge < -0.3 is 21.5 Å². The first kappa shape index (κ1) is 21.5. The minimum atomic E-state index is -0.649. The lowest BCUT2D eigenvalue weighted by molar-refractivity contribution is 0.0948. The van der Waals surface area contributed by atoms with Crippen LogP contribution >= 0.6 is 0 Å². The Kier molecular flexibility index (Phi) is 5.91. The quantitative estimate of drug-likeness (QED) is 0.547. The number of ether oxygens (including phenoxy) is 1. The summed E-state index contributed by atoms with van der Waals surface area (Å²) in [5.74, 6) is -1.24. The molecule has 2 aromatic carbocycles. The van der Waals surface area contributed by atoms with Gasteiger partial charge in [-0.15, -0.1) is 0 Å². The predicted molar refractivity (Wildman–Crippen MR) is 117 cm³/mol. The van der Waals surface area contributed by atoms with Gasteiger partial charge in [0, 0.05) is 24.3 Å². The topological polar surface area (TPSA) is 125 Å². The standard InChI is InChI=1S/C23H24FN5O3/c1-13-2-7-16(24)10-18(13)23(31)27-11-14-3-5-15(6-4-14)20-19(22(26)30)21(25)29(28-20)17-8-9-32-12-17/h2-7,10,17H,8-9,11-12,25H2,1H3,(H2,26,30)(H,27,31)/t17-/m0/s1. The van der Waals surface area contributed by atoms with Gasteiger partial charge >= 0.3 is 0 Å². The SMILES string of the molecule is Cc1ccc(F)cc1C(=O)NCc1ccc(-c2nn([C@H]3CCOC3)c(N)c2C(N)=O)cc1. The third-order valence-corrected chi connectivity index (χ3v) is 5.57. The van der Waals surface area contributed by atoms with Gasteiger partial charge in [-0.25, -0.2) is 9.07 Å². The normalized spacial score (nSPS) is 15.6. The van der Waals surface area contributed by atoms with E-state index >= 15 is 0 Å². The molecule has 2 heterocycles. The number of anilines is 1. The van der Waals surface area contributed by atoms with Gasteiger partial charge in [-0.05, 0) is 36.6 Å². The number of hydrogen-bond donors (Lipinski definition) is 3. The highest BCUT2D eigenvalue weighted by Gasteiger charge is 2.27. The van der Waals surface area contributed by atoms with Gasteiger partial charge in [0.25, 0.3) is 11.8 Å². The van der Waals surface area contributed by atoms with Crippen LogP contribution in [-0.2, 0) is 11.3 Å². The molecule has 1 aliphatic heterocycles. The van der Waals surface area contributed by atoms with E-state index in [-0.39, 0.29) is 29.9 Å². The van der Waals surface area contributed by atoms with Crippen LogP contribution in [0.25, 0.3) is 11.3 Å². The zero-order chi connectivity index (χ0) is 22.8. The van der Waals surface area contributed by atoms with Crippen LogP contribution in [0.4, 0.5) is 10.2 Å². The van der Waals surface area contributed by atoms with Crippen molar-refractivity contribution in [2.45, 2.75) is 25.9 Å². The highest BCUT2D eigenvalue weighted by Crippen LogP contribution is 2.31. The smallest absolute Gasteiger partial charge is 0.254 e. The molecule has 0 radical (unpaired) electrons. The molecule has 8 nitrogen and oxygen atoms in total. The van der Waals surface area contributed by atoms with Crippen LogP contribution in [0.2, 0.25) is 0 Å². The van der Waals surface area contributed by atoms with Crippen molar-refractivity contribution in [2.75, 3.05) is 18.9 Å². The van der Waals surface area contributed by atoms with Crippen molar-refractivity contribution in [1.82, 2.24) is 15.1 Å². The lowest BCUT2D eigenvalue weighted by atomic mass is 10.0. The zero-order valence-corrected chi connectivity index (χ0v) is 17.6. The van der Waals surface area contributed by atoms with Gasteiger partial charge in [-0.3, -0.25) is 9.59 Å². The Morgan fingerprint density at radius 1 is 1.25 bits per heavy atom. The fourth-order valence-electron chi connectivity index (χ4n) is 3.78. The molecular weight excluding hydrogens is 413 g/mol. The number of benzene rings is 2. The number of carbonyl (C=O) groups is 2. The molecule has 0 saturated carbocycles. The second-order valence-corrected chi connectivity index (χ2v) is 7.77. The summed E-state index contributed by atoms with van der Waals surface area (Å²) in [6.07, 6.45) is 0.757. The van der Waals surface area contributed by atoms with Crippen molar-refractivity contribution in [1.29, 1.82) is 0 Å². The molecule has 0 unspecified atom stereocenters. The van der Waals surface area contributed by atoms with Crippen LogP contribution in [0, 0.1) is 12.7 Å². The maximum absolute atomic E-state index is 13.5. The van der Waals surface area contributed by atoms with Crippen molar-refractivity contribution < 1.29 is 18.7 Å². The van der Waals surface area contributed by atoms with E-state index in [4.69, 9.17) is 16.2 Å². The number of amides is 2. The summed E-state index contributed by atoms with van der Waals surface area (Å²) >= 11 is 0. The molecule has 0 bridgehead atoms. The molecule has 5 N–H and O–H groups in total. The molecule has 9 heteroatoms. The molecule has 1 aromatic heterocycles. The van der Waals surface area contributed by atoms with Crippen molar-refractivity contribution in [3.8, 4) is 11.3 Å². The number of nitrogens with one attached hydrogen (secondary N) is 1. The van der Waals surface area contributed by atoms with Gasteiger partial charge in [0.2, 0.25) is 0 Å². The number of primary amides is 1. The van der Waals surface area contributed by atoms with Crippen molar-refractivity contribution >= 4 is 17.6 Å². The molecule has 32 heavy (non-hydrogen) atoms. The van der Waals surface area contributed by atoms with Gasteiger partial charge in [0.1, 0.15) is 22.9 Å². The van der Waals surface area contributed by atoms with E-state index in [1.807, 2.05) is 12.1 Å². The average Bonchev–Trinajstić information content (AvgIpc) is 3.42. The second-order valence-electron chi connectivity index (χ2n) is 7.77. The summed E-state index contributed by atoms with van der Waals surface area (Å²) in [4.78, 5) is 24.5. The van der Waals surface area contributed by atoms with Gasteiger partial charge in [-0.1, -0.05) is 30.3 Å². The number of rotatable bonds is 6. The lowest BCUT2D eigenvalue weighted by Gasteiger charge is -2.10. The van der Waals surface area contributed by atoms with E-state index in [2.05, 4.69) is 10.4 Å². The van der Waals surface area contributed by atoms with E-state index in [0.717, 1.165) is 12.0 Å². The third-order valence-electron chi connectivity index (χ3n) is 5.57. The van der Waals surface area contributed by atoms with Crippen LogP contribution < -0.4 is 16.8 Å². The monoisotopic (exact) mass is 437 g/mol. The van der Waals surface area contributed by atoms with E-state index in [1.54, 1.807) is 29.8 Å². The molecule has 0 aliphatic carbocycles. The maximum Gasteiger partial charge on any atom is 0.254 e. The van der Waals surface area contributed by atoms with Crippen molar-refractivity contribution in [3.05, 3.63) is 70.5 Å². The number of nitrogens with zero attached hydrogens (tertiary/aromatic N) is 2. The Morgan fingerprint density at radius 2 is 2.00 bits per heavy atom. The fourth-order valence-corrected chi connectivity index (χ4v) is 3.78. The van der Waals surface area contributed by atoms with Gasteiger partial charge in [0.05, 0.1) is 12.6 Å². The molecule has 1 fully saturated rings. The average molecular weight is 437 g/mol. The first-order valence-corrected chi connectivity index (χ1v) is 10.2. The highest BCUT2D eigenvalue weighted by molar-refractivity contribution is 6.03. The number of carbonyl (C=O) groups excluding carboxylic acids is 2. The zero-order valence-electron chi connectivity index (χ0n) is 17.6. The van der Waals surface area contributed by atoms with E-state index in [1.165, 1.54) is 12.1 Å². The third kappa shape index (κ3) is 4.19. The summed E-state index contributed by atoms with van der Waals surface area (Å²) in [6, 6.07) is 11.3. The van der Waals surface area contributed by atoms with E-state index in [0.29, 0.717) is 35.6 Å². The molecule has 4 rings (SSSR count). The number of nitrogen functional groups attached to an aromatic ring is 1. The van der Waals surface area contributed by atoms with Gasteiger partial charge in [0.15, 0.2) is 0 Å². The molecule has 1 saturated heterocycles. The van der Waals surface area contributed by atoms with Crippen LogP contribution in [0.5, 0.6) is 0 Å². The van der Waals surface area contributed by atoms with Crippen molar-refractivity contribution in [3.63, 3.8) is 0 Å². The van der Waals surface area contributed by atoms with Crippen LogP contribution in [0.15, 0.2) is 42.5 Å². The number of aromatic nitrogens is 2. The Balaban J connectivity index is 1.52. The fraction of sp³-hybridized carbons (Fsp3) is 0.261. The Labute approximate surface area is 184 Å².